The summed E-state index contributed by atoms with van der Waals surface area (Å²) in [7, 11) is 1.89. The van der Waals surface area contributed by atoms with E-state index in [9.17, 15) is 9.18 Å². The molecule has 2 aromatic carbocycles. The zero-order valence-corrected chi connectivity index (χ0v) is 15.9. The van der Waals surface area contributed by atoms with Crippen molar-refractivity contribution in [3.05, 3.63) is 66.0 Å². The minimum atomic E-state index is -0.154. The normalized spacial score (nSPS) is 17.8. The van der Waals surface area contributed by atoms with Gasteiger partial charge in [-0.15, -0.1) is 11.8 Å². The van der Waals surface area contributed by atoms with Gasteiger partial charge in [0.1, 0.15) is 5.82 Å². The third kappa shape index (κ3) is 5.08. The maximum Gasteiger partial charge on any atom is 0.232 e. The number of likely N-dealkylation sites (tertiary alicyclic amines) is 1. The van der Waals surface area contributed by atoms with Crippen molar-refractivity contribution in [2.75, 3.05) is 25.9 Å². The van der Waals surface area contributed by atoms with E-state index >= 15 is 0 Å². The van der Waals surface area contributed by atoms with Gasteiger partial charge >= 0.3 is 0 Å². The first-order valence-corrected chi connectivity index (χ1v) is 10.0. The van der Waals surface area contributed by atoms with Crippen LogP contribution in [0.5, 0.6) is 0 Å². The average Bonchev–Trinajstić information content (AvgIpc) is 2.68. The molecule has 5 heteroatoms. The topological polar surface area (TPSA) is 23.6 Å². The molecule has 0 aliphatic carbocycles. The quantitative estimate of drug-likeness (QED) is 0.715. The summed E-state index contributed by atoms with van der Waals surface area (Å²) in [5, 5.41) is 0. The molecule has 1 saturated heterocycles. The zero-order valence-electron chi connectivity index (χ0n) is 15.1. The second-order valence-electron chi connectivity index (χ2n) is 6.73. The molecule has 1 atom stereocenters. The Morgan fingerprint density at radius 3 is 2.69 bits per heavy atom. The Balaban J connectivity index is 1.53. The summed E-state index contributed by atoms with van der Waals surface area (Å²) >= 11 is 1.57. The van der Waals surface area contributed by atoms with Gasteiger partial charge in [-0.1, -0.05) is 36.4 Å². The molecule has 3 nitrogen and oxygen atoms in total. The Hall–Kier alpha value is -1.85. The number of hydrogen-bond acceptors (Lipinski definition) is 3. The molecule has 0 saturated carbocycles. The molecular weight excluding hydrogens is 347 g/mol. The number of piperidine rings is 1. The largest absolute Gasteiger partial charge is 0.341 e. The van der Waals surface area contributed by atoms with Crippen molar-refractivity contribution in [2.45, 2.75) is 30.3 Å². The Labute approximate surface area is 159 Å². The fourth-order valence-electron chi connectivity index (χ4n) is 3.33. The molecule has 1 amide bonds. The first kappa shape index (κ1) is 18.9. The smallest absolute Gasteiger partial charge is 0.232 e. The number of nitrogens with zero attached hydrogens (tertiary/aromatic N) is 2. The lowest BCUT2D eigenvalue weighted by Gasteiger charge is -2.37. The van der Waals surface area contributed by atoms with Crippen LogP contribution in [0.2, 0.25) is 0 Å². The number of carbonyl (C=O) groups excluding carboxylic acids is 1. The molecule has 0 radical (unpaired) electrons. The number of halogens is 1. The number of hydrogen-bond donors (Lipinski definition) is 0. The highest BCUT2D eigenvalue weighted by atomic mass is 32.2. The lowest BCUT2D eigenvalue weighted by atomic mass is 10.0. The number of amides is 1. The highest BCUT2D eigenvalue weighted by Gasteiger charge is 2.26. The van der Waals surface area contributed by atoms with Crippen LogP contribution in [0.25, 0.3) is 0 Å². The number of thioether (sulfide) groups is 1. The summed E-state index contributed by atoms with van der Waals surface area (Å²) in [5.41, 5.74) is 0.724. The molecule has 2 aromatic rings. The fraction of sp³-hybridized carbons (Fsp3) is 0.381. The fourth-order valence-corrected chi connectivity index (χ4v) is 4.17. The highest BCUT2D eigenvalue weighted by Crippen LogP contribution is 2.21. The van der Waals surface area contributed by atoms with Gasteiger partial charge < -0.3 is 4.90 Å². The van der Waals surface area contributed by atoms with Crippen molar-refractivity contribution >= 4 is 17.7 Å². The number of carbonyl (C=O) groups is 1. The maximum absolute atomic E-state index is 13.9. The van der Waals surface area contributed by atoms with Crippen LogP contribution in [-0.2, 0) is 11.3 Å². The van der Waals surface area contributed by atoms with Crippen molar-refractivity contribution in [1.82, 2.24) is 9.80 Å². The van der Waals surface area contributed by atoms with Crippen LogP contribution >= 0.6 is 11.8 Å². The van der Waals surface area contributed by atoms with Crippen LogP contribution < -0.4 is 0 Å². The molecular formula is C21H25FN2OS. The van der Waals surface area contributed by atoms with E-state index in [1.54, 1.807) is 17.8 Å². The van der Waals surface area contributed by atoms with Gasteiger partial charge in [-0.2, -0.15) is 0 Å². The monoisotopic (exact) mass is 372 g/mol. The molecule has 0 N–H and O–H groups in total. The van der Waals surface area contributed by atoms with Gasteiger partial charge in [-0.3, -0.25) is 9.69 Å². The lowest BCUT2D eigenvalue weighted by Crippen LogP contribution is -2.48. The average molecular weight is 373 g/mol. The van der Waals surface area contributed by atoms with Gasteiger partial charge in [-0.05, 0) is 37.6 Å². The molecule has 0 aromatic heterocycles. The predicted molar refractivity (Wildman–Crippen MR) is 105 cm³/mol. The van der Waals surface area contributed by atoms with Crippen LogP contribution in [0.4, 0.5) is 4.39 Å². The Morgan fingerprint density at radius 2 is 1.92 bits per heavy atom. The number of rotatable bonds is 6. The second kappa shape index (κ2) is 9.19. The molecule has 0 bridgehead atoms. The summed E-state index contributed by atoms with van der Waals surface area (Å²) < 4.78 is 13.9. The standard InChI is InChI=1S/C21H25FN2OS/c1-23(21(25)16-26-19-10-3-2-4-11-19)18-9-7-13-24(15-18)14-17-8-5-6-12-20(17)22/h2-6,8,10-12,18H,7,9,13-16H2,1H3/t18-/m1/s1. The van der Waals surface area contributed by atoms with Crippen LogP contribution in [0, 0.1) is 5.82 Å². The third-order valence-corrected chi connectivity index (χ3v) is 5.88. The van der Waals surface area contributed by atoms with Crippen LogP contribution in [0.1, 0.15) is 18.4 Å². The molecule has 3 rings (SSSR count). The minimum absolute atomic E-state index is 0.150. The van der Waals surface area contributed by atoms with Crippen molar-refractivity contribution in [2.24, 2.45) is 0 Å². The SMILES string of the molecule is CN(C(=O)CSc1ccccc1)[C@@H]1CCCN(Cc2ccccc2F)C1. The van der Waals surface area contributed by atoms with E-state index in [-0.39, 0.29) is 17.8 Å². The Bertz CT molecular complexity index is 725. The molecule has 1 fully saturated rings. The minimum Gasteiger partial charge on any atom is -0.341 e. The summed E-state index contributed by atoms with van der Waals surface area (Å²) in [6.07, 6.45) is 2.04. The van der Waals surface area contributed by atoms with Gasteiger partial charge in [0.15, 0.2) is 0 Å². The van der Waals surface area contributed by atoms with Crippen LogP contribution in [0.3, 0.4) is 0 Å². The molecule has 1 heterocycles. The first-order chi connectivity index (χ1) is 12.6. The second-order valence-corrected chi connectivity index (χ2v) is 7.78. The van der Waals surface area contributed by atoms with Crippen LogP contribution in [0.15, 0.2) is 59.5 Å². The molecule has 1 aliphatic heterocycles. The van der Waals surface area contributed by atoms with E-state index in [0.717, 1.165) is 36.4 Å². The van der Waals surface area contributed by atoms with Gasteiger partial charge in [0.2, 0.25) is 5.91 Å². The van der Waals surface area contributed by atoms with Gasteiger partial charge in [0, 0.05) is 36.6 Å². The van der Waals surface area contributed by atoms with E-state index in [2.05, 4.69) is 4.90 Å². The van der Waals surface area contributed by atoms with E-state index in [0.29, 0.717) is 12.3 Å². The van der Waals surface area contributed by atoms with Gasteiger partial charge in [0.25, 0.3) is 0 Å². The molecule has 26 heavy (non-hydrogen) atoms. The number of likely N-dealkylation sites (N-methyl/N-ethyl adjacent to an activating group) is 1. The summed E-state index contributed by atoms with van der Waals surface area (Å²) in [6.45, 7) is 2.35. The van der Waals surface area contributed by atoms with E-state index < -0.39 is 0 Å². The predicted octanol–water partition coefficient (Wildman–Crippen LogP) is 4.04. The molecule has 1 aliphatic rings. The molecule has 0 spiro atoms. The van der Waals surface area contributed by atoms with Crippen LogP contribution in [-0.4, -0.2) is 47.6 Å². The van der Waals surface area contributed by atoms with E-state index in [4.69, 9.17) is 0 Å². The summed E-state index contributed by atoms with van der Waals surface area (Å²) in [5.74, 6) is 0.444. The van der Waals surface area contributed by atoms with Crippen molar-refractivity contribution in [3.8, 4) is 0 Å². The highest BCUT2D eigenvalue weighted by molar-refractivity contribution is 8.00. The van der Waals surface area contributed by atoms with Crippen molar-refractivity contribution < 1.29 is 9.18 Å². The first-order valence-electron chi connectivity index (χ1n) is 9.03. The maximum atomic E-state index is 13.9. The Kier molecular flexibility index (Phi) is 6.69. The van der Waals surface area contributed by atoms with Gasteiger partial charge in [0.05, 0.1) is 5.75 Å². The van der Waals surface area contributed by atoms with Crippen molar-refractivity contribution in [1.29, 1.82) is 0 Å². The summed E-state index contributed by atoms with van der Waals surface area (Å²) in [6, 6.07) is 17.1. The Morgan fingerprint density at radius 1 is 1.19 bits per heavy atom. The van der Waals surface area contributed by atoms with E-state index in [1.165, 1.54) is 6.07 Å². The molecule has 0 unspecified atom stereocenters. The van der Waals surface area contributed by atoms with Crippen molar-refractivity contribution in [3.63, 3.8) is 0 Å². The van der Waals surface area contributed by atoms with Gasteiger partial charge in [-0.25, -0.2) is 4.39 Å². The third-order valence-electron chi connectivity index (χ3n) is 4.88. The lowest BCUT2D eigenvalue weighted by molar-refractivity contribution is -0.130. The van der Waals surface area contributed by atoms with E-state index in [1.807, 2.05) is 54.4 Å². The number of benzene rings is 2. The summed E-state index contributed by atoms with van der Waals surface area (Å²) in [4.78, 5) is 17.8. The molecule has 138 valence electrons. The zero-order chi connectivity index (χ0) is 18.4.